The Morgan fingerprint density at radius 1 is 1.56 bits per heavy atom. The Labute approximate surface area is 108 Å². The van der Waals surface area contributed by atoms with Crippen LogP contribution in [0.2, 0.25) is 0 Å². The maximum atomic E-state index is 9.05. The Balaban J connectivity index is 3.33. The average Bonchev–Trinajstić information content (AvgIpc) is 2.66. The minimum absolute atomic E-state index is 0.102. The van der Waals surface area contributed by atoms with Crippen LogP contribution in [0.25, 0.3) is 5.70 Å². The van der Waals surface area contributed by atoms with E-state index in [1.54, 1.807) is 6.08 Å². The van der Waals surface area contributed by atoms with E-state index in [9.17, 15) is 0 Å². The monoisotopic (exact) mass is 247 g/mol. The lowest BCUT2D eigenvalue weighted by Crippen LogP contribution is -2.03. The van der Waals surface area contributed by atoms with E-state index in [1.807, 2.05) is 43.8 Å². The van der Waals surface area contributed by atoms with Crippen LogP contribution in [0.1, 0.15) is 18.2 Å². The van der Waals surface area contributed by atoms with E-state index in [4.69, 9.17) is 5.11 Å². The molecule has 0 spiro atoms. The summed E-state index contributed by atoms with van der Waals surface area (Å²) in [5.41, 5.74) is 2.90. The number of aromatic nitrogens is 2. The summed E-state index contributed by atoms with van der Waals surface area (Å²) in [6.07, 6.45) is 8.12. The van der Waals surface area contributed by atoms with Crippen molar-refractivity contribution in [2.45, 2.75) is 20.3 Å². The van der Waals surface area contributed by atoms with E-state index >= 15 is 0 Å². The minimum atomic E-state index is 0.102. The van der Waals surface area contributed by atoms with Gasteiger partial charge in [-0.1, -0.05) is 18.7 Å². The van der Waals surface area contributed by atoms with Crippen LogP contribution in [0.5, 0.6) is 0 Å². The molecule has 0 atom stereocenters. The summed E-state index contributed by atoms with van der Waals surface area (Å²) in [5.74, 6) is 0.935. The van der Waals surface area contributed by atoms with Crippen LogP contribution >= 0.6 is 0 Å². The first-order chi connectivity index (χ1) is 8.69. The van der Waals surface area contributed by atoms with Crippen LogP contribution in [0.4, 0.5) is 5.82 Å². The van der Waals surface area contributed by atoms with Gasteiger partial charge in [-0.25, -0.2) is 4.68 Å². The number of allylic oxidation sites excluding steroid dienone is 5. The molecule has 0 aromatic carbocycles. The van der Waals surface area contributed by atoms with Crippen molar-refractivity contribution in [3.05, 3.63) is 42.1 Å². The summed E-state index contributed by atoms with van der Waals surface area (Å²) >= 11 is 0. The first-order valence-electron chi connectivity index (χ1n) is 6.02. The Morgan fingerprint density at radius 2 is 2.28 bits per heavy atom. The number of hydrogen-bond donors (Lipinski definition) is 2. The van der Waals surface area contributed by atoms with Crippen molar-refractivity contribution >= 4 is 11.5 Å². The van der Waals surface area contributed by atoms with Gasteiger partial charge in [0.15, 0.2) is 0 Å². The highest BCUT2D eigenvalue weighted by atomic mass is 16.3. The topological polar surface area (TPSA) is 50.1 Å². The molecule has 1 aromatic heterocycles. The molecular weight excluding hydrogens is 226 g/mol. The first kappa shape index (κ1) is 14.3. The lowest BCUT2D eigenvalue weighted by atomic mass is 10.2. The second-order valence-electron chi connectivity index (χ2n) is 3.88. The van der Waals surface area contributed by atoms with Crippen LogP contribution in [0.15, 0.2) is 30.9 Å². The molecule has 0 bridgehead atoms. The van der Waals surface area contributed by atoms with Crippen LogP contribution in [0, 0.1) is 6.92 Å². The van der Waals surface area contributed by atoms with E-state index in [1.165, 1.54) is 0 Å². The van der Waals surface area contributed by atoms with Gasteiger partial charge in [0.2, 0.25) is 0 Å². The van der Waals surface area contributed by atoms with Gasteiger partial charge in [0, 0.05) is 25.6 Å². The van der Waals surface area contributed by atoms with Gasteiger partial charge < -0.3 is 10.4 Å². The third-order valence-electron chi connectivity index (χ3n) is 2.68. The Kier molecular flexibility index (Phi) is 5.39. The maximum Gasteiger partial charge on any atom is 0.132 e. The van der Waals surface area contributed by atoms with Gasteiger partial charge in [0.05, 0.1) is 11.4 Å². The van der Waals surface area contributed by atoms with E-state index in [0.29, 0.717) is 6.42 Å². The molecule has 1 heterocycles. The standard InChI is InChI=1S/C14H21N3O/c1-5-7-12(8-6-2)17-14(15-4)11(3)13(16-17)9-10-18/h5-8,15,18H,1,9-10H2,2-4H3/b8-6-,12-7+. The molecule has 98 valence electrons. The van der Waals surface area contributed by atoms with E-state index in [2.05, 4.69) is 17.0 Å². The predicted octanol–water partition coefficient (Wildman–Crippen LogP) is 2.37. The Morgan fingerprint density at radius 3 is 2.78 bits per heavy atom. The molecule has 0 saturated carbocycles. The van der Waals surface area contributed by atoms with Crippen molar-refractivity contribution in [1.29, 1.82) is 0 Å². The third-order valence-corrected chi connectivity index (χ3v) is 2.68. The number of anilines is 1. The second-order valence-corrected chi connectivity index (χ2v) is 3.88. The Bertz CT molecular complexity index is 470. The zero-order valence-corrected chi connectivity index (χ0v) is 11.3. The van der Waals surface area contributed by atoms with Gasteiger partial charge in [0.25, 0.3) is 0 Å². The predicted molar refractivity (Wildman–Crippen MR) is 76.6 cm³/mol. The molecule has 18 heavy (non-hydrogen) atoms. The molecule has 1 rings (SSSR count). The van der Waals surface area contributed by atoms with Crippen LogP contribution < -0.4 is 5.32 Å². The van der Waals surface area contributed by atoms with E-state index < -0.39 is 0 Å². The smallest absolute Gasteiger partial charge is 0.132 e. The zero-order chi connectivity index (χ0) is 13.5. The highest BCUT2D eigenvalue weighted by Gasteiger charge is 2.14. The fourth-order valence-electron chi connectivity index (χ4n) is 1.85. The number of nitrogens with zero attached hydrogens (tertiary/aromatic N) is 2. The van der Waals surface area contributed by atoms with E-state index in [0.717, 1.165) is 22.8 Å². The van der Waals surface area contributed by atoms with Gasteiger partial charge in [-0.3, -0.25) is 0 Å². The summed E-state index contributed by atoms with van der Waals surface area (Å²) in [7, 11) is 1.87. The van der Waals surface area contributed by atoms with Crippen molar-refractivity contribution in [3.63, 3.8) is 0 Å². The third kappa shape index (κ3) is 2.90. The van der Waals surface area contributed by atoms with Crippen molar-refractivity contribution in [1.82, 2.24) is 9.78 Å². The van der Waals surface area contributed by atoms with Crippen molar-refractivity contribution < 1.29 is 5.11 Å². The summed E-state index contributed by atoms with van der Waals surface area (Å²) in [6.45, 7) is 7.78. The second kappa shape index (κ2) is 6.81. The number of rotatable bonds is 6. The highest BCUT2D eigenvalue weighted by Crippen LogP contribution is 2.23. The van der Waals surface area contributed by atoms with Gasteiger partial charge in [0.1, 0.15) is 5.82 Å². The molecule has 4 heteroatoms. The van der Waals surface area contributed by atoms with E-state index in [-0.39, 0.29) is 6.61 Å². The molecule has 0 radical (unpaired) electrons. The normalized spacial score (nSPS) is 12.1. The number of aliphatic hydroxyl groups is 1. The fourth-order valence-corrected chi connectivity index (χ4v) is 1.85. The van der Waals surface area contributed by atoms with Gasteiger partial charge in [-0.15, -0.1) is 0 Å². The van der Waals surface area contributed by atoms with Crippen molar-refractivity contribution in [3.8, 4) is 0 Å². The molecule has 0 amide bonds. The average molecular weight is 247 g/mol. The maximum absolute atomic E-state index is 9.05. The molecule has 0 unspecified atom stereocenters. The molecular formula is C14H21N3O. The quantitative estimate of drug-likeness (QED) is 0.759. The number of hydrogen-bond acceptors (Lipinski definition) is 3. The lowest BCUT2D eigenvalue weighted by molar-refractivity contribution is 0.298. The Hall–Kier alpha value is -1.81. The summed E-state index contributed by atoms with van der Waals surface area (Å²) in [5, 5.41) is 16.7. The van der Waals surface area contributed by atoms with Crippen molar-refractivity contribution in [2.24, 2.45) is 0 Å². The zero-order valence-electron chi connectivity index (χ0n) is 11.3. The molecule has 0 fully saturated rings. The summed E-state index contributed by atoms with van der Waals surface area (Å²) in [6, 6.07) is 0. The minimum Gasteiger partial charge on any atom is -0.396 e. The van der Waals surface area contributed by atoms with Gasteiger partial charge in [-0.05, 0) is 26.0 Å². The lowest BCUT2D eigenvalue weighted by Gasteiger charge is -2.07. The van der Waals surface area contributed by atoms with Crippen LogP contribution in [-0.2, 0) is 6.42 Å². The fraction of sp³-hybridized carbons (Fsp3) is 0.357. The van der Waals surface area contributed by atoms with Gasteiger partial charge >= 0.3 is 0 Å². The molecule has 0 saturated heterocycles. The summed E-state index contributed by atoms with van der Waals surface area (Å²) in [4.78, 5) is 0. The van der Waals surface area contributed by atoms with Crippen LogP contribution in [0.3, 0.4) is 0 Å². The molecule has 0 aliphatic carbocycles. The molecule has 2 N–H and O–H groups in total. The SMILES string of the molecule is C=C/C=C(\C=C/C)n1nc(CCO)c(C)c1NC. The van der Waals surface area contributed by atoms with Crippen LogP contribution in [-0.4, -0.2) is 28.5 Å². The highest BCUT2D eigenvalue weighted by molar-refractivity contribution is 5.65. The molecule has 4 nitrogen and oxygen atoms in total. The summed E-state index contributed by atoms with van der Waals surface area (Å²) < 4.78 is 1.84. The largest absolute Gasteiger partial charge is 0.396 e. The molecule has 1 aromatic rings. The molecule has 0 aliphatic rings. The number of aliphatic hydroxyl groups excluding tert-OH is 1. The molecule has 0 aliphatic heterocycles. The van der Waals surface area contributed by atoms with Gasteiger partial charge in [-0.2, -0.15) is 5.10 Å². The van der Waals surface area contributed by atoms with Crippen molar-refractivity contribution in [2.75, 3.05) is 19.0 Å². The number of nitrogens with one attached hydrogen (secondary N) is 1. The first-order valence-corrected chi connectivity index (χ1v) is 6.02.